The van der Waals surface area contributed by atoms with Gasteiger partial charge in [0, 0.05) is 30.1 Å². The SMILES string of the molecule is CC(c1ccc(C(N)=O)cc1)N(CCCCN)c1nccn2c(-c3ccc(OC(F)F)c(F)c3F)cnc12. The van der Waals surface area contributed by atoms with Gasteiger partial charge in [0.1, 0.15) is 0 Å². The van der Waals surface area contributed by atoms with E-state index in [9.17, 15) is 22.4 Å². The molecule has 2 aromatic carbocycles. The van der Waals surface area contributed by atoms with Gasteiger partial charge in [-0.25, -0.2) is 14.4 Å². The molecule has 0 saturated heterocycles. The number of carbonyl (C=O) groups excluding carboxylic acids is 1. The summed E-state index contributed by atoms with van der Waals surface area (Å²) in [6.45, 7) is -0.254. The molecule has 1 unspecified atom stereocenters. The maximum absolute atomic E-state index is 14.9. The summed E-state index contributed by atoms with van der Waals surface area (Å²) in [6.07, 6.45) is 5.93. The van der Waals surface area contributed by atoms with Crippen molar-refractivity contribution in [1.82, 2.24) is 14.4 Å². The predicted octanol–water partition coefficient (Wildman–Crippen LogP) is 4.68. The van der Waals surface area contributed by atoms with E-state index in [-0.39, 0.29) is 17.3 Å². The summed E-state index contributed by atoms with van der Waals surface area (Å²) in [4.78, 5) is 22.5. The highest BCUT2D eigenvalue weighted by Crippen LogP contribution is 2.34. The van der Waals surface area contributed by atoms with Crippen molar-refractivity contribution in [3.63, 3.8) is 0 Å². The third kappa shape index (κ3) is 5.40. The number of nitrogens with zero attached hydrogens (tertiary/aromatic N) is 4. The number of amides is 1. The molecule has 4 rings (SSSR count). The Kier molecular flexibility index (Phi) is 8.10. The summed E-state index contributed by atoms with van der Waals surface area (Å²) < 4.78 is 60.0. The molecule has 4 aromatic rings. The molecule has 2 heterocycles. The number of hydrogen-bond acceptors (Lipinski definition) is 6. The second-order valence-electron chi connectivity index (χ2n) is 8.56. The van der Waals surface area contributed by atoms with Crippen LogP contribution in [0.3, 0.4) is 0 Å². The Bertz CT molecular complexity index is 1430. The zero-order chi connectivity index (χ0) is 27.4. The van der Waals surface area contributed by atoms with Crippen LogP contribution in [0.2, 0.25) is 0 Å². The number of imidazole rings is 1. The number of benzene rings is 2. The average molecular weight is 531 g/mol. The van der Waals surface area contributed by atoms with Gasteiger partial charge in [-0.2, -0.15) is 13.2 Å². The van der Waals surface area contributed by atoms with Gasteiger partial charge in [0.15, 0.2) is 23.0 Å². The van der Waals surface area contributed by atoms with Crippen LogP contribution in [0.25, 0.3) is 16.9 Å². The van der Waals surface area contributed by atoms with Crippen LogP contribution in [-0.2, 0) is 0 Å². The van der Waals surface area contributed by atoms with E-state index in [0.717, 1.165) is 30.5 Å². The fourth-order valence-corrected chi connectivity index (χ4v) is 4.24. The van der Waals surface area contributed by atoms with E-state index in [0.29, 0.717) is 30.1 Å². The molecule has 1 amide bonds. The van der Waals surface area contributed by atoms with Crippen LogP contribution in [0.15, 0.2) is 55.0 Å². The number of halogens is 4. The fourth-order valence-electron chi connectivity index (χ4n) is 4.24. The average Bonchev–Trinajstić information content (AvgIpc) is 3.33. The van der Waals surface area contributed by atoms with Gasteiger partial charge in [-0.15, -0.1) is 0 Å². The molecule has 38 heavy (non-hydrogen) atoms. The summed E-state index contributed by atoms with van der Waals surface area (Å²) in [5.41, 5.74) is 12.7. The zero-order valence-electron chi connectivity index (χ0n) is 20.5. The lowest BCUT2D eigenvalue weighted by molar-refractivity contribution is -0.0525. The van der Waals surface area contributed by atoms with Crippen molar-refractivity contribution in [2.24, 2.45) is 11.5 Å². The van der Waals surface area contributed by atoms with E-state index in [4.69, 9.17) is 11.5 Å². The molecule has 0 aliphatic rings. The lowest BCUT2D eigenvalue weighted by atomic mass is 10.0. The summed E-state index contributed by atoms with van der Waals surface area (Å²) >= 11 is 0. The van der Waals surface area contributed by atoms with Gasteiger partial charge in [-0.05, 0) is 56.1 Å². The van der Waals surface area contributed by atoms with Gasteiger partial charge < -0.3 is 21.1 Å². The van der Waals surface area contributed by atoms with Crippen LogP contribution >= 0.6 is 0 Å². The fraction of sp³-hybridized carbons (Fsp3) is 0.269. The van der Waals surface area contributed by atoms with E-state index in [1.54, 1.807) is 34.9 Å². The van der Waals surface area contributed by atoms with E-state index in [1.165, 1.54) is 12.4 Å². The minimum Gasteiger partial charge on any atom is -0.432 e. The second kappa shape index (κ2) is 11.5. The molecular formula is C26H26F4N6O2. The standard InChI is InChI=1S/C26H26F4N6O2/c1-15(16-4-6-17(7-5-16)23(32)37)35(12-3-2-10-31)24-25-34-14-19(36(25)13-11-33-24)18-8-9-20(38-26(29)30)22(28)21(18)27/h4-9,11,13-15,26H,2-3,10,12,31H2,1H3,(H2,32,37). The monoisotopic (exact) mass is 530 g/mol. The third-order valence-electron chi connectivity index (χ3n) is 6.22. The number of nitrogens with two attached hydrogens (primary N) is 2. The Hall–Kier alpha value is -4.19. The van der Waals surface area contributed by atoms with Crippen molar-refractivity contribution in [3.05, 3.63) is 77.8 Å². The smallest absolute Gasteiger partial charge is 0.387 e. The van der Waals surface area contributed by atoms with Crippen LogP contribution in [0.5, 0.6) is 5.75 Å². The molecular weight excluding hydrogens is 504 g/mol. The molecule has 0 aliphatic carbocycles. The van der Waals surface area contributed by atoms with Crippen LogP contribution in [0, 0.1) is 11.6 Å². The van der Waals surface area contributed by atoms with Crippen LogP contribution < -0.4 is 21.1 Å². The van der Waals surface area contributed by atoms with Gasteiger partial charge >= 0.3 is 6.61 Å². The molecule has 4 N–H and O–H groups in total. The molecule has 1 atom stereocenters. The highest BCUT2D eigenvalue weighted by molar-refractivity contribution is 5.92. The number of alkyl halides is 2. The first kappa shape index (κ1) is 26.9. The lowest BCUT2D eigenvalue weighted by Gasteiger charge is -2.31. The quantitative estimate of drug-likeness (QED) is 0.215. The number of fused-ring (bicyclic) bond motifs is 1. The summed E-state index contributed by atoms with van der Waals surface area (Å²) in [6, 6.07) is 8.78. The lowest BCUT2D eigenvalue weighted by Crippen LogP contribution is -2.30. The molecule has 8 nitrogen and oxygen atoms in total. The Balaban J connectivity index is 1.76. The number of primary amides is 1. The number of ether oxygens (including phenoxy) is 1. The Morgan fingerprint density at radius 2 is 1.82 bits per heavy atom. The molecule has 2 aromatic heterocycles. The van der Waals surface area contributed by atoms with Crippen molar-refractivity contribution in [2.75, 3.05) is 18.0 Å². The first-order valence-corrected chi connectivity index (χ1v) is 11.8. The molecule has 0 spiro atoms. The number of rotatable bonds is 11. The topological polar surface area (TPSA) is 112 Å². The van der Waals surface area contributed by atoms with E-state index in [2.05, 4.69) is 14.7 Å². The minimum absolute atomic E-state index is 0.182. The van der Waals surface area contributed by atoms with Gasteiger partial charge in [-0.1, -0.05) is 12.1 Å². The Morgan fingerprint density at radius 1 is 1.08 bits per heavy atom. The first-order chi connectivity index (χ1) is 18.2. The predicted molar refractivity (Wildman–Crippen MR) is 134 cm³/mol. The zero-order valence-corrected chi connectivity index (χ0v) is 20.5. The number of carbonyl (C=O) groups is 1. The van der Waals surface area contributed by atoms with Crippen molar-refractivity contribution in [1.29, 1.82) is 0 Å². The van der Waals surface area contributed by atoms with E-state index >= 15 is 0 Å². The molecule has 0 aliphatic heterocycles. The number of unbranched alkanes of at least 4 members (excludes halogenated alkanes) is 1. The largest absolute Gasteiger partial charge is 0.432 e. The Labute approximate surface area is 215 Å². The van der Waals surface area contributed by atoms with Gasteiger partial charge in [0.2, 0.25) is 11.7 Å². The highest BCUT2D eigenvalue weighted by Gasteiger charge is 2.24. The maximum atomic E-state index is 14.9. The number of anilines is 1. The normalized spacial score (nSPS) is 12.2. The molecule has 0 saturated carbocycles. The van der Waals surface area contributed by atoms with Crippen LogP contribution in [0.1, 0.15) is 41.7 Å². The highest BCUT2D eigenvalue weighted by atomic mass is 19.3. The molecule has 0 radical (unpaired) electrons. The second-order valence-corrected chi connectivity index (χ2v) is 8.56. The summed E-state index contributed by atoms with van der Waals surface area (Å²) in [5.74, 6) is -3.80. The molecule has 0 bridgehead atoms. The number of hydrogen-bond donors (Lipinski definition) is 2. The van der Waals surface area contributed by atoms with E-state index in [1.807, 2.05) is 11.8 Å². The molecule has 12 heteroatoms. The maximum Gasteiger partial charge on any atom is 0.387 e. The minimum atomic E-state index is -3.29. The van der Waals surface area contributed by atoms with Crippen molar-refractivity contribution in [3.8, 4) is 17.0 Å². The molecule has 0 fully saturated rings. The Morgan fingerprint density at radius 3 is 2.47 bits per heavy atom. The van der Waals surface area contributed by atoms with Crippen molar-refractivity contribution >= 4 is 17.4 Å². The number of aromatic nitrogens is 3. The van der Waals surface area contributed by atoms with Crippen molar-refractivity contribution in [2.45, 2.75) is 32.4 Å². The van der Waals surface area contributed by atoms with Gasteiger partial charge in [-0.3, -0.25) is 9.20 Å². The van der Waals surface area contributed by atoms with Crippen LogP contribution in [-0.4, -0.2) is 40.0 Å². The van der Waals surface area contributed by atoms with Gasteiger partial charge in [0.25, 0.3) is 0 Å². The third-order valence-corrected chi connectivity index (χ3v) is 6.22. The summed E-state index contributed by atoms with van der Waals surface area (Å²) in [7, 11) is 0. The molecule has 200 valence electrons. The van der Waals surface area contributed by atoms with E-state index < -0.39 is 29.9 Å². The van der Waals surface area contributed by atoms with Crippen LogP contribution in [0.4, 0.5) is 23.4 Å². The summed E-state index contributed by atoms with van der Waals surface area (Å²) in [5, 5.41) is 0. The van der Waals surface area contributed by atoms with Crippen molar-refractivity contribution < 1.29 is 27.1 Å². The van der Waals surface area contributed by atoms with Gasteiger partial charge in [0.05, 0.1) is 17.9 Å². The first-order valence-electron chi connectivity index (χ1n) is 11.8.